The molecule has 2 rings (SSSR count). The van der Waals surface area contributed by atoms with E-state index in [9.17, 15) is 14.0 Å². The summed E-state index contributed by atoms with van der Waals surface area (Å²) in [5.74, 6) is -0.706. The molecule has 0 aliphatic rings. The van der Waals surface area contributed by atoms with Crippen LogP contribution in [0.3, 0.4) is 0 Å². The SMILES string of the molecule is Cc1cc(C(=O)NCC(C)Oc2ccc(F)cc2)cc(C)c1OCC(=O)O. The monoisotopic (exact) mass is 375 g/mol. The van der Waals surface area contributed by atoms with E-state index in [1.165, 1.54) is 24.3 Å². The Bertz CT molecular complexity index is 797. The average molecular weight is 375 g/mol. The van der Waals surface area contributed by atoms with Gasteiger partial charge in [-0.25, -0.2) is 9.18 Å². The minimum Gasteiger partial charge on any atom is -0.489 e. The van der Waals surface area contributed by atoms with Crippen LogP contribution in [-0.2, 0) is 4.79 Å². The number of benzene rings is 2. The molecule has 144 valence electrons. The van der Waals surface area contributed by atoms with Gasteiger partial charge in [-0.2, -0.15) is 0 Å². The average Bonchev–Trinajstić information content (AvgIpc) is 2.60. The Kier molecular flexibility index (Phi) is 6.76. The third-order valence-electron chi connectivity index (χ3n) is 3.76. The molecular weight excluding hydrogens is 353 g/mol. The molecule has 0 spiro atoms. The molecule has 0 aliphatic heterocycles. The van der Waals surface area contributed by atoms with E-state index in [2.05, 4.69) is 5.32 Å². The summed E-state index contributed by atoms with van der Waals surface area (Å²) < 4.78 is 23.8. The number of hydrogen-bond donors (Lipinski definition) is 2. The highest BCUT2D eigenvalue weighted by Crippen LogP contribution is 2.25. The lowest BCUT2D eigenvalue weighted by Gasteiger charge is -2.16. The number of nitrogens with one attached hydrogen (secondary N) is 1. The summed E-state index contributed by atoms with van der Waals surface area (Å²) in [7, 11) is 0. The first kappa shape index (κ1) is 20.2. The van der Waals surface area contributed by atoms with E-state index < -0.39 is 12.6 Å². The van der Waals surface area contributed by atoms with Crippen molar-refractivity contribution >= 4 is 11.9 Å². The molecule has 0 aliphatic carbocycles. The Morgan fingerprint density at radius 3 is 2.30 bits per heavy atom. The predicted octanol–water partition coefficient (Wildman–Crippen LogP) is 3.10. The summed E-state index contributed by atoms with van der Waals surface area (Å²) in [6.07, 6.45) is -0.306. The zero-order valence-electron chi connectivity index (χ0n) is 15.4. The van der Waals surface area contributed by atoms with Crippen LogP contribution < -0.4 is 14.8 Å². The molecule has 2 aromatic carbocycles. The van der Waals surface area contributed by atoms with Crippen molar-refractivity contribution in [2.75, 3.05) is 13.2 Å². The second-order valence-electron chi connectivity index (χ2n) is 6.21. The summed E-state index contributed by atoms with van der Waals surface area (Å²) >= 11 is 0. The number of carbonyl (C=O) groups excluding carboxylic acids is 1. The van der Waals surface area contributed by atoms with Gasteiger partial charge in [0.2, 0.25) is 0 Å². The van der Waals surface area contributed by atoms with E-state index in [1.807, 2.05) is 0 Å². The number of carboxylic acid groups (broad SMARTS) is 1. The first-order valence-electron chi connectivity index (χ1n) is 8.42. The van der Waals surface area contributed by atoms with Gasteiger partial charge < -0.3 is 19.9 Å². The third kappa shape index (κ3) is 5.99. The first-order valence-corrected chi connectivity index (χ1v) is 8.42. The van der Waals surface area contributed by atoms with Crippen LogP contribution in [0.15, 0.2) is 36.4 Å². The molecule has 0 radical (unpaired) electrons. The van der Waals surface area contributed by atoms with Gasteiger partial charge in [-0.05, 0) is 68.3 Å². The fourth-order valence-corrected chi connectivity index (χ4v) is 2.57. The molecule has 0 saturated heterocycles. The Morgan fingerprint density at radius 1 is 1.15 bits per heavy atom. The van der Waals surface area contributed by atoms with Crippen LogP contribution in [0.25, 0.3) is 0 Å². The second kappa shape index (κ2) is 9.02. The van der Waals surface area contributed by atoms with Crippen molar-refractivity contribution in [2.24, 2.45) is 0 Å². The van der Waals surface area contributed by atoms with Crippen LogP contribution in [0.4, 0.5) is 4.39 Å². The van der Waals surface area contributed by atoms with E-state index in [1.54, 1.807) is 32.9 Å². The van der Waals surface area contributed by atoms with E-state index in [4.69, 9.17) is 14.6 Å². The van der Waals surface area contributed by atoms with Gasteiger partial charge in [0.05, 0.1) is 6.54 Å². The molecule has 0 heterocycles. The number of hydrogen-bond acceptors (Lipinski definition) is 4. The van der Waals surface area contributed by atoms with Crippen molar-refractivity contribution in [1.82, 2.24) is 5.32 Å². The maximum atomic E-state index is 12.9. The Balaban J connectivity index is 1.95. The number of aryl methyl sites for hydroxylation is 2. The molecule has 6 nitrogen and oxygen atoms in total. The van der Waals surface area contributed by atoms with Crippen LogP contribution in [0.2, 0.25) is 0 Å². The first-order chi connectivity index (χ1) is 12.8. The van der Waals surface area contributed by atoms with Crippen molar-refractivity contribution in [3.8, 4) is 11.5 Å². The summed E-state index contributed by atoms with van der Waals surface area (Å²) in [6.45, 7) is 5.13. The molecule has 1 unspecified atom stereocenters. The molecule has 7 heteroatoms. The molecule has 0 saturated carbocycles. The van der Waals surface area contributed by atoms with Crippen LogP contribution in [0.5, 0.6) is 11.5 Å². The van der Waals surface area contributed by atoms with Crippen molar-refractivity contribution in [1.29, 1.82) is 0 Å². The number of carbonyl (C=O) groups is 2. The molecule has 1 amide bonds. The Labute approximate surface area is 156 Å². The Morgan fingerprint density at radius 2 is 1.74 bits per heavy atom. The quantitative estimate of drug-likeness (QED) is 0.741. The standard InChI is InChI=1S/C20H22FNO5/c1-12-8-15(9-13(2)19(12)26-11-18(23)24)20(25)22-10-14(3)27-17-6-4-16(21)5-7-17/h4-9,14H,10-11H2,1-3H3,(H,22,25)(H,23,24). The molecule has 27 heavy (non-hydrogen) atoms. The van der Waals surface area contributed by atoms with Crippen LogP contribution in [-0.4, -0.2) is 36.2 Å². The molecule has 2 N–H and O–H groups in total. The van der Waals surface area contributed by atoms with Gasteiger partial charge in [0.15, 0.2) is 6.61 Å². The largest absolute Gasteiger partial charge is 0.489 e. The minimum atomic E-state index is -1.06. The lowest BCUT2D eigenvalue weighted by molar-refractivity contribution is -0.139. The van der Waals surface area contributed by atoms with E-state index >= 15 is 0 Å². The summed E-state index contributed by atoms with van der Waals surface area (Å²) in [5, 5.41) is 11.5. The highest BCUT2D eigenvalue weighted by molar-refractivity contribution is 5.95. The fourth-order valence-electron chi connectivity index (χ4n) is 2.57. The van der Waals surface area contributed by atoms with Gasteiger partial charge in [-0.15, -0.1) is 0 Å². The number of rotatable bonds is 8. The second-order valence-corrected chi connectivity index (χ2v) is 6.21. The van der Waals surface area contributed by atoms with Crippen molar-refractivity contribution in [2.45, 2.75) is 26.9 Å². The molecule has 0 fully saturated rings. The number of carboxylic acids is 1. The van der Waals surface area contributed by atoms with Crippen molar-refractivity contribution in [3.63, 3.8) is 0 Å². The van der Waals surface area contributed by atoms with Crippen LogP contribution in [0.1, 0.15) is 28.4 Å². The number of amides is 1. The van der Waals surface area contributed by atoms with Gasteiger partial charge in [0.1, 0.15) is 23.4 Å². The minimum absolute atomic E-state index is 0.269. The fraction of sp³-hybridized carbons (Fsp3) is 0.300. The van der Waals surface area contributed by atoms with Gasteiger partial charge in [-0.3, -0.25) is 4.79 Å². The highest BCUT2D eigenvalue weighted by atomic mass is 19.1. The van der Waals surface area contributed by atoms with Crippen molar-refractivity contribution < 1.29 is 28.6 Å². The number of aliphatic carboxylic acids is 1. The van der Waals surface area contributed by atoms with E-state index in [0.29, 0.717) is 28.2 Å². The third-order valence-corrected chi connectivity index (χ3v) is 3.76. The zero-order valence-corrected chi connectivity index (χ0v) is 15.4. The topological polar surface area (TPSA) is 84.9 Å². The van der Waals surface area contributed by atoms with Gasteiger partial charge in [-0.1, -0.05) is 0 Å². The number of ether oxygens (including phenoxy) is 2. The Hall–Kier alpha value is -3.09. The van der Waals surface area contributed by atoms with Crippen LogP contribution >= 0.6 is 0 Å². The molecular formula is C20H22FNO5. The molecule has 1 atom stereocenters. The van der Waals surface area contributed by atoms with E-state index in [0.717, 1.165) is 0 Å². The van der Waals surface area contributed by atoms with Gasteiger partial charge >= 0.3 is 5.97 Å². The van der Waals surface area contributed by atoms with Gasteiger partial charge in [0.25, 0.3) is 5.91 Å². The summed E-state index contributed by atoms with van der Waals surface area (Å²) in [5.41, 5.74) is 1.80. The smallest absolute Gasteiger partial charge is 0.341 e. The molecule has 0 bridgehead atoms. The molecule has 0 aromatic heterocycles. The highest BCUT2D eigenvalue weighted by Gasteiger charge is 2.14. The maximum absolute atomic E-state index is 12.9. The normalized spacial score (nSPS) is 11.6. The van der Waals surface area contributed by atoms with E-state index in [-0.39, 0.29) is 24.4 Å². The van der Waals surface area contributed by atoms with Crippen molar-refractivity contribution in [3.05, 3.63) is 58.9 Å². The number of halogens is 1. The lowest BCUT2D eigenvalue weighted by Crippen LogP contribution is -2.33. The lowest BCUT2D eigenvalue weighted by atomic mass is 10.0. The predicted molar refractivity (Wildman–Crippen MR) is 97.9 cm³/mol. The van der Waals surface area contributed by atoms with Crippen LogP contribution in [0, 0.1) is 19.7 Å². The molecule has 2 aromatic rings. The maximum Gasteiger partial charge on any atom is 0.341 e. The summed E-state index contributed by atoms with van der Waals surface area (Å²) in [6, 6.07) is 8.95. The zero-order chi connectivity index (χ0) is 20.0. The summed E-state index contributed by atoms with van der Waals surface area (Å²) in [4.78, 5) is 23.0. The van der Waals surface area contributed by atoms with Gasteiger partial charge in [0, 0.05) is 5.56 Å².